The lowest BCUT2D eigenvalue weighted by Gasteiger charge is -2.35. The number of H-pyrrole nitrogens is 2. The molecular formula is C44H47FN8O6. The summed E-state index contributed by atoms with van der Waals surface area (Å²) in [4.78, 5) is 72.8. The molecule has 14 nitrogen and oxygen atoms in total. The predicted molar refractivity (Wildman–Crippen MR) is 216 cm³/mol. The van der Waals surface area contributed by atoms with Gasteiger partial charge in [-0.1, -0.05) is 45.6 Å². The molecule has 2 aromatic heterocycles. The number of likely N-dealkylation sites (tertiary alicyclic amines) is 2. The monoisotopic (exact) mass is 802 g/mol. The van der Waals surface area contributed by atoms with Gasteiger partial charge >= 0.3 is 12.2 Å². The molecule has 0 unspecified atom stereocenters. The summed E-state index contributed by atoms with van der Waals surface area (Å²) in [7, 11) is 2.70. The number of nitrogens with zero attached hydrogens (tertiary/aromatic N) is 5. The Labute approximate surface area is 339 Å². The molecule has 2 saturated heterocycles. The van der Waals surface area contributed by atoms with E-state index in [1.54, 1.807) is 17.3 Å². The molecule has 4 fully saturated rings. The number of halogens is 1. The van der Waals surface area contributed by atoms with Gasteiger partial charge in [-0.05, 0) is 90.6 Å². The Balaban J connectivity index is 1.03. The first-order valence-electron chi connectivity index (χ1n) is 20.3. The normalized spacial score (nSPS) is 23.9. The van der Waals surface area contributed by atoms with Gasteiger partial charge in [-0.15, -0.1) is 0 Å². The van der Waals surface area contributed by atoms with Crippen molar-refractivity contribution in [3.8, 4) is 11.8 Å². The summed E-state index contributed by atoms with van der Waals surface area (Å²) in [6.07, 6.45) is 3.06. The number of hydrogen-bond acceptors (Lipinski definition) is 7. The number of methoxy groups -OCH3 is 1. The van der Waals surface area contributed by atoms with Crippen molar-refractivity contribution in [1.29, 1.82) is 0 Å². The summed E-state index contributed by atoms with van der Waals surface area (Å²) in [6, 6.07) is 8.87. The number of rotatable bonds is 8. The van der Waals surface area contributed by atoms with E-state index in [0.29, 0.717) is 40.7 Å². The summed E-state index contributed by atoms with van der Waals surface area (Å²) < 4.78 is 20.6. The molecule has 9 rings (SSSR count). The molecule has 0 radical (unpaired) electrons. The number of hydrogen-bond donors (Lipinski definition) is 4. The van der Waals surface area contributed by atoms with Crippen molar-refractivity contribution >= 4 is 56.8 Å². The Hall–Kier alpha value is -6.17. The lowest BCUT2D eigenvalue weighted by atomic mass is 9.92. The Morgan fingerprint density at radius 3 is 2.29 bits per heavy atom. The van der Waals surface area contributed by atoms with Crippen molar-refractivity contribution in [2.45, 2.75) is 89.6 Å². The number of carbonyl (C=O) groups excluding carboxylic acids is 3. The second kappa shape index (κ2) is 14.3. The van der Waals surface area contributed by atoms with Crippen LogP contribution in [-0.4, -0.2) is 102 Å². The summed E-state index contributed by atoms with van der Waals surface area (Å²) >= 11 is 0. The third kappa shape index (κ3) is 6.58. The number of ether oxygens (including phenoxy) is 1. The third-order valence-corrected chi connectivity index (χ3v) is 12.9. The average Bonchev–Trinajstić information content (AvgIpc) is 3.82. The van der Waals surface area contributed by atoms with Crippen LogP contribution in [0.15, 0.2) is 42.7 Å². The number of imidazole rings is 2. The fraction of sp³-hybridized carbons (Fsp3) is 0.455. The van der Waals surface area contributed by atoms with Crippen LogP contribution in [0.3, 0.4) is 0 Å². The molecule has 2 aliphatic carbocycles. The van der Waals surface area contributed by atoms with E-state index in [-0.39, 0.29) is 47.3 Å². The minimum atomic E-state index is -1.17. The number of carboxylic acid groups (broad SMARTS) is 1. The molecule has 0 bridgehead atoms. The highest BCUT2D eigenvalue weighted by Crippen LogP contribution is 2.56. The first kappa shape index (κ1) is 38.4. The predicted octanol–water partition coefficient (Wildman–Crippen LogP) is 6.47. The topological polar surface area (TPSA) is 177 Å². The van der Waals surface area contributed by atoms with Gasteiger partial charge < -0.3 is 34.9 Å². The van der Waals surface area contributed by atoms with Crippen molar-refractivity contribution < 1.29 is 33.4 Å². The Bertz CT molecular complexity index is 2630. The molecule has 4 N–H and O–H groups in total. The van der Waals surface area contributed by atoms with Crippen molar-refractivity contribution in [3.05, 3.63) is 71.1 Å². The summed E-state index contributed by atoms with van der Waals surface area (Å²) in [6.45, 7) is 7.47. The van der Waals surface area contributed by atoms with Gasteiger partial charge in [-0.25, -0.2) is 23.9 Å². The molecule has 306 valence electrons. The molecule has 0 spiro atoms. The summed E-state index contributed by atoms with van der Waals surface area (Å²) in [5.41, 5.74) is 4.34. The van der Waals surface area contributed by atoms with E-state index in [0.717, 1.165) is 51.5 Å². The van der Waals surface area contributed by atoms with Crippen LogP contribution in [0.5, 0.6) is 0 Å². The molecular weight excluding hydrogens is 756 g/mol. The Morgan fingerprint density at radius 2 is 1.61 bits per heavy atom. The molecule has 8 atom stereocenters. The van der Waals surface area contributed by atoms with Crippen LogP contribution in [0.2, 0.25) is 0 Å². The van der Waals surface area contributed by atoms with Gasteiger partial charge in [0.15, 0.2) is 5.82 Å². The van der Waals surface area contributed by atoms with E-state index in [1.165, 1.54) is 20.2 Å². The van der Waals surface area contributed by atoms with Gasteiger partial charge in [-0.2, -0.15) is 0 Å². The van der Waals surface area contributed by atoms with Crippen LogP contribution in [0, 0.1) is 41.3 Å². The van der Waals surface area contributed by atoms with E-state index >= 15 is 4.39 Å². The fourth-order valence-corrected chi connectivity index (χ4v) is 9.78. The first-order valence-corrected chi connectivity index (χ1v) is 20.3. The number of nitrogens with one attached hydrogen (secondary N) is 3. The Kier molecular flexibility index (Phi) is 9.28. The average molecular weight is 803 g/mol. The SMILES string of the molecule is COC(=O)N[C@H](C(=O)N1[C@@H]2C[C@@H]2C[C@H]1c1cc2nc[nH]c2c2ccc(C#Cc3cc(F)c4nc([C@@H]5C[C@H]6C[C@H]6N5C(=O)[C@H](C(C)C)N(C)C(=O)O)[nH]c4c3)cc12)C(C)C. The highest BCUT2D eigenvalue weighted by atomic mass is 19.1. The smallest absolute Gasteiger partial charge is 0.407 e. The summed E-state index contributed by atoms with van der Waals surface area (Å²) in [5, 5.41) is 14.3. The van der Waals surface area contributed by atoms with Crippen LogP contribution in [0.1, 0.15) is 88.0 Å². The zero-order valence-electron chi connectivity index (χ0n) is 33.7. The number of likely N-dealkylation sites (N-methyl/N-ethyl adjacent to an activating group) is 1. The minimum absolute atomic E-state index is 0.00530. The van der Waals surface area contributed by atoms with E-state index in [1.807, 2.05) is 56.9 Å². The molecule has 5 aromatic rings. The minimum Gasteiger partial charge on any atom is -0.465 e. The number of aromatic amines is 2. The largest absolute Gasteiger partial charge is 0.465 e. The molecule has 59 heavy (non-hydrogen) atoms. The zero-order valence-corrected chi connectivity index (χ0v) is 33.7. The quantitative estimate of drug-likeness (QED) is 0.129. The van der Waals surface area contributed by atoms with E-state index < -0.39 is 36.1 Å². The second-order valence-corrected chi connectivity index (χ2v) is 17.3. The number of fused-ring (bicyclic) bond motifs is 6. The number of amides is 4. The molecule has 4 amide bonds. The first-order chi connectivity index (χ1) is 28.2. The number of piperidine rings is 2. The van der Waals surface area contributed by atoms with E-state index in [4.69, 9.17) is 4.74 Å². The molecule has 2 saturated carbocycles. The van der Waals surface area contributed by atoms with Gasteiger partial charge in [0, 0.05) is 35.6 Å². The standard InChI is InChI=1S/C44H47FN8O6/c1-20(2)36(50-43(56)59-6)41(54)52-32-14-24(32)16-34(52)28-18-30-37(47-19-46-30)26-10-9-22(11-27(26)28)7-8-23-12-29(45)38-31(13-23)48-40(49-38)35-17-25-15-33(25)53(35)42(55)39(21(3)4)51(5)44(57)58/h9-13,18-21,24-25,32-36,39H,14-17H2,1-6H3,(H,46,47)(H,48,49)(H,50,56)(H,57,58)/t24-,25-,32-,33-,34+,35+,36+,39+/m1/s1. The van der Waals surface area contributed by atoms with E-state index in [2.05, 4.69) is 37.1 Å². The molecule has 3 aromatic carbocycles. The molecule has 4 aliphatic rings. The summed E-state index contributed by atoms with van der Waals surface area (Å²) in [5.74, 6) is 6.15. The van der Waals surface area contributed by atoms with Crippen molar-refractivity contribution in [3.63, 3.8) is 0 Å². The van der Waals surface area contributed by atoms with Gasteiger partial charge in [0.05, 0.1) is 42.1 Å². The lowest BCUT2D eigenvalue weighted by molar-refractivity contribution is -0.140. The number of alkyl carbamates (subject to hydrolysis) is 1. The van der Waals surface area contributed by atoms with Crippen LogP contribution < -0.4 is 5.32 Å². The van der Waals surface area contributed by atoms with Gasteiger partial charge in [-0.3, -0.25) is 14.5 Å². The van der Waals surface area contributed by atoms with Crippen LogP contribution in [-0.2, 0) is 14.3 Å². The number of benzene rings is 3. The lowest BCUT2D eigenvalue weighted by Crippen LogP contribution is -2.52. The zero-order chi connectivity index (χ0) is 41.6. The maximum atomic E-state index is 15.8. The number of carbonyl (C=O) groups is 4. The van der Waals surface area contributed by atoms with E-state index in [9.17, 15) is 24.3 Å². The van der Waals surface area contributed by atoms with Gasteiger partial charge in [0.25, 0.3) is 0 Å². The second-order valence-electron chi connectivity index (χ2n) is 17.3. The van der Waals surface area contributed by atoms with Gasteiger partial charge in [0.2, 0.25) is 11.8 Å². The van der Waals surface area contributed by atoms with Crippen LogP contribution >= 0.6 is 0 Å². The van der Waals surface area contributed by atoms with Gasteiger partial charge in [0.1, 0.15) is 23.4 Å². The molecule has 2 aliphatic heterocycles. The highest BCUT2D eigenvalue weighted by molar-refractivity contribution is 6.06. The number of aromatic nitrogens is 4. The fourth-order valence-electron chi connectivity index (χ4n) is 9.78. The maximum Gasteiger partial charge on any atom is 0.407 e. The van der Waals surface area contributed by atoms with Crippen LogP contribution in [0.4, 0.5) is 14.0 Å². The van der Waals surface area contributed by atoms with Crippen LogP contribution in [0.25, 0.3) is 32.8 Å². The van der Waals surface area contributed by atoms with Crippen molar-refractivity contribution in [2.75, 3.05) is 14.2 Å². The molecule has 15 heteroatoms. The maximum absolute atomic E-state index is 15.8. The molecule has 4 heterocycles. The highest BCUT2D eigenvalue weighted by Gasteiger charge is 2.57. The third-order valence-electron chi connectivity index (χ3n) is 12.9. The Morgan fingerprint density at radius 1 is 0.915 bits per heavy atom. The van der Waals surface area contributed by atoms with Crippen molar-refractivity contribution in [2.24, 2.45) is 23.7 Å². The van der Waals surface area contributed by atoms with Crippen molar-refractivity contribution in [1.82, 2.24) is 40.0 Å².